The predicted octanol–water partition coefficient (Wildman–Crippen LogP) is -7.80. The van der Waals surface area contributed by atoms with Gasteiger partial charge in [0.05, 0.1) is 26.4 Å². The highest BCUT2D eigenvalue weighted by Crippen LogP contribution is 2.33. The molecule has 0 aromatic carbocycles. The van der Waals surface area contributed by atoms with Gasteiger partial charge >= 0.3 is 0 Å². The summed E-state index contributed by atoms with van der Waals surface area (Å²) >= 11 is 0. The Bertz CT molecular complexity index is 903. The van der Waals surface area contributed by atoms with Crippen LogP contribution >= 0.6 is 0 Å². The Balaban J connectivity index is 1.54. The molecule has 4 rings (SSSR count). The van der Waals surface area contributed by atoms with Crippen LogP contribution in [0.3, 0.4) is 0 Å². The van der Waals surface area contributed by atoms with Crippen LogP contribution in [0, 0.1) is 0 Å². The average Bonchev–Trinajstić information content (AvgIpc) is 3.02. The van der Waals surface area contributed by atoms with E-state index in [1.807, 2.05) is 0 Å². The van der Waals surface area contributed by atoms with Gasteiger partial charge in [-0.05, 0) is 0 Å². The molecule has 0 saturated carbocycles. The molecule has 4 saturated heterocycles. The fourth-order valence-electron chi connectivity index (χ4n) is 5.66. The van der Waals surface area contributed by atoms with E-state index in [9.17, 15) is 56.2 Å². The largest absolute Gasteiger partial charge is 0.394 e. The van der Waals surface area contributed by atoms with E-state index in [0.717, 1.165) is 0 Å². The van der Waals surface area contributed by atoms with E-state index >= 15 is 0 Å². The molecule has 0 bridgehead atoms. The Morgan fingerprint density at radius 2 is 1.04 bits per heavy atom. The lowest BCUT2D eigenvalue weighted by atomic mass is 9.96. The van der Waals surface area contributed by atoms with Gasteiger partial charge in [0.25, 0.3) is 0 Å². The lowest BCUT2D eigenvalue weighted by Crippen LogP contribution is -2.66. The maximum atomic E-state index is 11.4. The fourth-order valence-corrected chi connectivity index (χ4v) is 5.66. The van der Waals surface area contributed by atoms with Crippen LogP contribution in [-0.4, -0.2) is 214 Å². The molecule has 0 aromatic rings. The first-order valence-corrected chi connectivity index (χ1v) is 14.3. The van der Waals surface area contributed by atoms with E-state index in [1.165, 1.54) is 14.2 Å². The van der Waals surface area contributed by atoms with Gasteiger partial charge in [-0.3, -0.25) is 0 Å². The molecule has 20 heteroatoms. The summed E-state index contributed by atoms with van der Waals surface area (Å²) in [4.78, 5) is 0. The normalized spacial score (nSPS) is 51.3. The van der Waals surface area contributed by atoms with E-state index in [2.05, 4.69) is 0 Å². The summed E-state index contributed by atoms with van der Waals surface area (Å²) in [7, 11) is 2.39. The molecule has 45 heavy (non-hydrogen) atoms. The van der Waals surface area contributed by atoms with Crippen molar-refractivity contribution in [3.05, 3.63) is 0 Å². The van der Waals surface area contributed by atoms with Crippen LogP contribution in [0.5, 0.6) is 0 Å². The molecule has 11 N–H and O–H groups in total. The molecule has 0 radical (unpaired) electrons. The molecule has 20 nitrogen and oxygen atoms in total. The molecule has 1 unspecified atom stereocenters. The highest BCUT2D eigenvalue weighted by Gasteiger charge is 2.54. The first-order valence-electron chi connectivity index (χ1n) is 14.3. The third-order valence-electron chi connectivity index (χ3n) is 8.29. The van der Waals surface area contributed by atoms with Gasteiger partial charge in [-0.2, -0.15) is 0 Å². The number of hydrogen-bond donors (Lipinski definition) is 11. The summed E-state index contributed by atoms with van der Waals surface area (Å²) in [5, 5.41) is 114. The molecular weight excluding hydrogens is 620 g/mol. The van der Waals surface area contributed by atoms with Crippen LogP contribution in [0.1, 0.15) is 0 Å². The van der Waals surface area contributed by atoms with E-state index in [4.69, 9.17) is 42.6 Å². The van der Waals surface area contributed by atoms with Crippen molar-refractivity contribution in [3.63, 3.8) is 0 Å². The first kappa shape index (κ1) is 37.0. The van der Waals surface area contributed by atoms with Crippen molar-refractivity contribution in [1.82, 2.24) is 0 Å². The lowest BCUT2D eigenvalue weighted by molar-refractivity contribution is -0.386. The topological polar surface area (TPSA) is 306 Å². The number of methoxy groups -OCH3 is 2. The first-order chi connectivity index (χ1) is 21.4. The maximum Gasteiger partial charge on any atom is 0.187 e. The van der Waals surface area contributed by atoms with Gasteiger partial charge < -0.3 is 98.8 Å². The van der Waals surface area contributed by atoms with Crippen molar-refractivity contribution in [2.45, 2.75) is 117 Å². The lowest BCUT2D eigenvalue weighted by Gasteiger charge is -2.48. The van der Waals surface area contributed by atoms with Crippen LogP contribution in [0.2, 0.25) is 0 Å². The minimum absolute atomic E-state index is 0.469. The molecule has 4 aliphatic rings. The van der Waals surface area contributed by atoms with Crippen molar-refractivity contribution in [3.8, 4) is 0 Å². The zero-order valence-corrected chi connectivity index (χ0v) is 24.4. The Labute approximate surface area is 256 Å². The minimum Gasteiger partial charge on any atom is -0.394 e. The number of rotatable bonds is 11. The number of hydrogen-bond acceptors (Lipinski definition) is 20. The van der Waals surface area contributed by atoms with Gasteiger partial charge in [0.2, 0.25) is 0 Å². The van der Waals surface area contributed by atoms with Gasteiger partial charge in [-0.25, -0.2) is 0 Å². The summed E-state index contributed by atoms with van der Waals surface area (Å²) < 4.78 is 48.9. The molecule has 0 spiro atoms. The van der Waals surface area contributed by atoms with Gasteiger partial charge in [0, 0.05) is 14.2 Å². The zero-order valence-electron chi connectivity index (χ0n) is 24.4. The van der Waals surface area contributed by atoms with Crippen molar-refractivity contribution in [1.29, 1.82) is 0 Å². The summed E-state index contributed by atoms with van der Waals surface area (Å²) in [5.74, 6) is 0. The third-order valence-corrected chi connectivity index (χ3v) is 8.29. The van der Waals surface area contributed by atoms with Crippen LogP contribution in [0.25, 0.3) is 0 Å². The average molecular weight is 665 g/mol. The molecule has 0 aromatic heterocycles. The summed E-state index contributed by atoms with van der Waals surface area (Å²) in [6, 6.07) is 0. The van der Waals surface area contributed by atoms with Crippen LogP contribution < -0.4 is 0 Å². The Hall–Kier alpha value is -0.800. The second kappa shape index (κ2) is 16.1. The van der Waals surface area contributed by atoms with Gasteiger partial charge in [-0.1, -0.05) is 0 Å². The van der Waals surface area contributed by atoms with Gasteiger partial charge in [0.1, 0.15) is 91.6 Å². The van der Waals surface area contributed by atoms with Crippen LogP contribution in [-0.2, 0) is 42.6 Å². The van der Waals surface area contributed by atoms with Crippen molar-refractivity contribution < 1.29 is 98.8 Å². The van der Waals surface area contributed by atoms with Crippen LogP contribution in [0.15, 0.2) is 0 Å². The summed E-state index contributed by atoms with van der Waals surface area (Å²) in [5.41, 5.74) is 0. The minimum atomic E-state index is -1.99. The second-order valence-electron chi connectivity index (χ2n) is 11.2. The van der Waals surface area contributed by atoms with E-state index < -0.39 is 143 Å². The van der Waals surface area contributed by atoms with Gasteiger partial charge in [-0.15, -0.1) is 0 Å². The molecular formula is C25H44O20. The van der Waals surface area contributed by atoms with Gasteiger partial charge in [0.15, 0.2) is 25.2 Å². The zero-order chi connectivity index (χ0) is 33.2. The smallest absolute Gasteiger partial charge is 0.187 e. The molecule has 4 heterocycles. The molecule has 4 aliphatic heterocycles. The third kappa shape index (κ3) is 7.76. The van der Waals surface area contributed by atoms with E-state index in [1.54, 1.807) is 0 Å². The SMILES string of the molecule is CO[C@@H]1[C@H](O)[C@@H](OC[C@H]2OC(O)[C@@H](O[C@@H]3OC[C@@H](O)[C@H](O)[C@H]3O)[C@@H](O[C@H]3O[C@H](CO)[C@@H](O)[C@H](OC)[C@@H]3O)[C@@H]2O)O[C@H](CO)[C@H]1O. The Kier molecular flexibility index (Phi) is 13.2. The molecule has 19 atom stereocenters. The Morgan fingerprint density at radius 1 is 0.533 bits per heavy atom. The number of ether oxygens (including phenoxy) is 9. The molecule has 0 aliphatic carbocycles. The van der Waals surface area contributed by atoms with Crippen LogP contribution in [0.4, 0.5) is 0 Å². The van der Waals surface area contributed by atoms with Crippen molar-refractivity contribution in [2.75, 3.05) is 40.6 Å². The molecule has 264 valence electrons. The monoisotopic (exact) mass is 664 g/mol. The number of aliphatic hydroxyl groups is 11. The summed E-state index contributed by atoms with van der Waals surface area (Å²) in [6.07, 6.45) is -29.8. The quantitative estimate of drug-likeness (QED) is 0.0977. The highest BCUT2D eigenvalue weighted by molar-refractivity contribution is 4.96. The molecule has 4 fully saturated rings. The predicted molar refractivity (Wildman–Crippen MR) is 137 cm³/mol. The second-order valence-corrected chi connectivity index (χ2v) is 11.2. The maximum absolute atomic E-state index is 11.4. The van der Waals surface area contributed by atoms with Crippen molar-refractivity contribution >= 4 is 0 Å². The van der Waals surface area contributed by atoms with Crippen molar-refractivity contribution in [2.24, 2.45) is 0 Å². The highest BCUT2D eigenvalue weighted by atomic mass is 16.8. The summed E-state index contributed by atoms with van der Waals surface area (Å²) in [6.45, 7) is -2.46. The number of aliphatic hydroxyl groups excluding tert-OH is 11. The molecule has 0 amide bonds. The van der Waals surface area contributed by atoms with E-state index in [-0.39, 0.29) is 0 Å². The standard InChI is InChI=1S/C25H44O20/c1-37-18-12(30)8(3-26)42-24(16(18)34)40-6-10-14(32)20(44-25-17(35)19(38-2)13(31)9(4-27)43-25)21(22(36)41-10)45-23-15(33)11(29)7(28)5-39-23/h7-36H,3-6H2,1-2H3/t7-,8-,9-,10-,11+,12-,13-,14-,15-,16+,17+,18+,19+,20+,21+,22?,23+,24+,25-/m1/s1. The fraction of sp³-hybridized carbons (Fsp3) is 1.00. The van der Waals surface area contributed by atoms with E-state index in [0.29, 0.717) is 0 Å². The Morgan fingerprint density at radius 3 is 1.60 bits per heavy atom.